The number of ketones is 1. The molecule has 2 aromatic heterocycles. The summed E-state index contributed by atoms with van der Waals surface area (Å²) in [6.45, 7) is 1.64. The molecule has 34 heavy (non-hydrogen) atoms. The van der Waals surface area contributed by atoms with Gasteiger partial charge in [-0.15, -0.1) is 0 Å². The van der Waals surface area contributed by atoms with E-state index >= 15 is 4.39 Å². The number of nitriles is 1. The Labute approximate surface area is 194 Å². The predicted octanol–water partition coefficient (Wildman–Crippen LogP) is 4.76. The van der Waals surface area contributed by atoms with Crippen LogP contribution in [0.15, 0.2) is 54.9 Å². The van der Waals surface area contributed by atoms with Crippen LogP contribution < -0.4 is 4.72 Å². The first-order valence-corrected chi connectivity index (χ1v) is 11.9. The van der Waals surface area contributed by atoms with Crippen LogP contribution in [0.25, 0.3) is 22.2 Å². The van der Waals surface area contributed by atoms with Gasteiger partial charge in [0.1, 0.15) is 11.5 Å². The Balaban J connectivity index is 1.81. The van der Waals surface area contributed by atoms with Crippen LogP contribution in [-0.4, -0.2) is 29.9 Å². The lowest BCUT2D eigenvalue weighted by atomic mass is 9.98. The first-order chi connectivity index (χ1) is 16.3. The number of sulfonamides is 1. The smallest absolute Gasteiger partial charge is 0.232 e. The molecular formula is C24H18F2N4O3S. The molecule has 0 saturated carbocycles. The molecule has 0 amide bonds. The SMILES string of the molecule is CCCS(=O)(=O)Nc1ccc(F)c(C(=O)c2c[nH]c3ncc(-c4ccccc4C#N)cc23)c1F. The maximum Gasteiger partial charge on any atom is 0.232 e. The molecule has 0 unspecified atom stereocenters. The molecule has 0 aliphatic heterocycles. The minimum absolute atomic E-state index is 0.0508. The largest absolute Gasteiger partial charge is 0.345 e. The third kappa shape index (κ3) is 4.25. The number of rotatable bonds is 7. The second kappa shape index (κ2) is 9.03. The van der Waals surface area contributed by atoms with Crippen molar-refractivity contribution in [1.29, 1.82) is 5.26 Å². The van der Waals surface area contributed by atoms with Crippen LogP contribution in [0.1, 0.15) is 34.8 Å². The van der Waals surface area contributed by atoms with Gasteiger partial charge in [0.05, 0.1) is 28.6 Å². The third-order valence-electron chi connectivity index (χ3n) is 5.19. The van der Waals surface area contributed by atoms with Gasteiger partial charge in [0.15, 0.2) is 5.82 Å². The fourth-order valence-electron chi connectivity index (χ4n) is 3.63. The van der Waals surface area contributed by atoms with Crippen molar-refractivity contribution >= 4 is 32.5 Å². The average molecular weight is 480 g/mol. The van der Waals surface area contributed by atoms with Crippen LogP contribution >= 0.6 is 0 Å². The minimum Gasteiger partial charge on any atom is -0.345 e. The number of nitrogens with zero attached hydrogens (tertiary/aromatic N) is 2. The number of pyridine rings is 1. The summed E-state index contributed by atoms with van der Waals surface area (Å²) in [4.78, 5) is 20.3. The molecular weight excluding hydrogens is 462 g/mol. The first-order valence-electron chi connectivity index (χ1n) is 10.3. The number of hydrogen-bond acceptors (Lipinski definition) is 5. The monoisotopic (exact) mass is 480 g/mol. The number of carbonyl (C=O) groups excluding carboxylic acids is 1. The van der Waals surface area contributed by atoms with Crippen molar-refractivity contribution in [3.63, 3.8) is 0 Å². The number of hydrogen-bond donors (Lipinski definition) is 2. The van der Waals surface area contributed by atoms with Crippen molar-refractivity contribution in [2.45, 2.75) is 13.3 Å². The Hall–Kier alpha value is -4.10. The highest BCUT2D eigenvalue weighted by Gasteiger charge is 2.26. The summed E-state index contributed by atoms with van der Waals surface area (Å²) in [7, 11) is -3.86. The van der Waals surface area contributed by atoms with Crippen molar-refractivity contribution in [1.82, 2.24) is 9.97 Å². The number of carbonyl (C=O) groups is 1. The highest BCUT2D eigenvalue weighted by molar-refractivity contribution is 7.92. The highest BCUT2D eigenvalue weighted by atomic mass is 32.2. The maximum absolute atomic E-state index is 15.1. The summed E-state index contributed by atoms with van der Waals surface area (Å²) >= 11 is 0. The number of nitrogens with one attached hydrogen (secondary N) is 2. The van der Waals surface area contributed by atoms with E-state index in [1.165, 1.54) is 12.4 Å². The molecule has 0 spiro atoms. The summed E-state index contributed by atoms with van der Waals surface area (Å²) in [6.07, 6.45) is 3.10. The quantitative estimate of drug-likeness (QED) is 0.370. The lowest BCUT2D eigenvalue weighted by Crippen LogP contribution is -2.18. The molecule has 0 aliphatic carbocycles. The molecule has 2 heterocycles. The summed E-state index contributed by atoms with van der Waals surface area (Å²) < 4.78 is 55.9. The maximum atomic E-state index is 15.1. The van der Waals surface area contributed by atoms with E-state index in [1.54, 1.807) is 37.3 Å². The van der Waals surface area contributed by atoms with Gasteiger partial charge in [0.25, 0.3) is 0 Å². The molecule has 2 N–H and O–H groups in total. The van der Waals surface area contributed by atoms with Crippen LogP contribution in [0.4, 0.5) is 14.5 Å². The first kappa shape index (κ1) is 23.1. The molecule has 7 nitrogen and oxygen atoms in total. The van der Waals surface area contributed by atoms with Crippen LogP contribution in [-0.2, 0) is 10.0 Å². The van der Waals surface area contributed by atoms with Crippen molar-refractivity contribution in [3.05, 3.63) is 83.2 Å². The minimum atomic E-state index is -3.86. The summed E-state index contributed by atoms with van der Waals surface area (Å²) in [5.74, 6) is -3.67. The summed E-state index contributed by atoms with van der Waals surface area (Å²) in [5, 5.41) is 9.68. The van der Waals surface area contributed by atoms with Crippen molar-refractivity contribution in [3.8, 4) is 17.2 Å². The van der Waals surface area contributed by atoms with Crippen LogP contribution in [0.2, 0.25) is 0 Å². The lowest BCUT2D eigenvalue weighted by molar-refractivity contribution is 0.103. The molecule has 0 atom stereocenters. The molecule has 4 aromatic rings. The average Bonchev–Trinajstić information content (AvgIpc) is 3.24. The number of fused-ring (bicyclic) bond motifs is 1. The summed E-state index contributed by atoms with van der Waals surface area (Å²) in [5.41, 5.74) is 0.382. The molecule has 0 aliphatic rings. The Kier molecular flexibility index (Phi) is 6.13. The van der Waals surface area contributed by atoms with Crippen LogP contribution in [0.3, 0.4) is 0 Å². The molecule has 2 aromatic carbocycles. The van der Waals surface area contributed by atoms with Gasteiger partial charge in [-0.05, 0) is 30.7 Å². The van der Waals surface area contributed by atoms with Gasteiger partial charge >= 0.3 is 0 Å². The molecule has 4 rings (SSSR count). The van der Waals surface area contributed by atoms with Gasteiger partial charge in [-0.25, -0.2) is 22.2 Å². The van der Waals surface area contributed by atoms with E-state index in [0.29, 0.717) is 34.1 Å². The van der Waals surface area contributed by atoms with E-state index in [9.17, 15) is 22.9 Å². The van der Waals surface area contributed by atoms with E-state index in [4.69, 9.17) is 0 Å². The molecule has 10 heteroatoms. The molecule has 0 fully saturated rings. The van der Waals surface area contributed by atoms with E-state index in [0.717, 1.165) is 12.1 Å². The van der Waals surface area contributed by atoms with Crippen molar-refractivity contribution in [2.75, 3.05) is 10.5 Å². The van der Waals surface area contributed by atoms with E-state index in [1.807, 2.05) is 0 Å². The molecule has 0 saturated heterocycles. The second-order valence-electron chi connectivity index (χ2n) is 7.51. The Morgan fingerprint density at radius 3 is 2.71 bits per heavy atom. The third-order valence-corrected chi connectivity index (χ3v) is 6.67. The number of aromatic nitrogens is 2. The second-order valence-corrected chi connectivity index (χ2v) is 9.36. The van der Waals surface area contributed by atoms with Gasteiger partial charge in [-0.2, -0.15) is 5.26 Å². The van der Waals surface area contributed by atoms with Crippen LogP contribution in [0.5, 0.6) is 0 Å². The standard InChI is InChI=1S/C24H18F2N4O3S/c1-2-9-34(32,33)30-20-8-7-19(25)21(22(20)26)23(31)18-13-29-24-17(18)10-15(12-28-24)16-6-4-3-5-14(16)11-27/h3-8,10,12-13,30H,2,9H2,1H3,(H,28,29). The Bertz CT molecular complexity index is 1570. The van der Waals surface area contributed by atoms with Gasteiger partial charge < -0.3 is 4.98 Å². The number of benzene rings is 2. The Morgan fingerprint density at radius 1 is 1.21 bits per heavy atom. The Morgan fingerprint density at radius 2 is 1.97 bits per heavy atom. The highest BCUT2D eigenvalue weighted by Crippen LogP contribution is 2.30. The zero-order valence-electron chi connectivity index (χ0n) is 17.9. The zero-order chi connectivity index (χ0) is 24.5. The summed E-state index contributed by atoms with van der Waals surface area (Å²) in [6, 6.07) is 12.3. The van der Waals surface area contributed by atoms with Crippen molar-refractivity contribution in [2.24, 2.45) is 0 Å². The van der Waals surface area contributed by atoms with E-state index in [-0.39, 0.29) is 11.3 Å². The molecule has 172 valence electrons. The number of aromatic amines is 1. The van der Waals surface area contributed by atoms with Crippen LogP contribution in [0, 0.1) is 23.0 Å². The van der Waals surface area contributed by atoms with Gasteiger partial charge in [-0.1, -0.05) is 25.1 Å². The van der Waals surface area contributed by atoms with Gasteiger partial charge in [0.2, 0.25) is 15.8 Å². The molecule has 0 radical (unpaired) electrons. The van der Waals surface area contributed by atoms with E-state index in [2.05, 4.69) is 20.8 Å². The fourth-order valence-corrected chi connectivity index (χ4v) is 4.76. The fraction of sp³-hybridized carbons (Fsp3) is 0.125. The zero-order valence-corrected chi connectivity index (χ0v) is 18.7. The van der Waals surface area contributed by atoms with E-state index < -0.39 is 38.7 Å². The molecule has 0 bridgehead atoms. The van der Waals surface area contributed by atoms with Gasteiger partial charge in [-0.3, -0.25) is 9.52 Å². The number of halogens is 2. The topological polar surface area (TPSA) is 116 Å². The number of H-pyrrole nitrogens is 1. The normalized spacial score (nSPS) is 11.4. The lowest BCUT2D eigenvalue weighted by Gasteiger charge is -2.11. The van der Waals surface area contributed by atoms with Crippen molar-refractivity contribution < 1.29 is 22.0 Å². The van der Waals surface area contributed by atoms with Gasteiger partial charge in [0, 0.05) is 34.5 Å². The number of anilines is 1. The predicted molar refractivity (Wildman–Crippen MR) is 124 cm³/mol.